The number of hydrogen-bond donors (Lipinski definition) is 1. The van der Waals surface area contributed by atoms with E-state index in [0.717, 1.165) is 0 Å². The summed E-state index contributed by atoms with van der Waals surface area (Å²) in [6.45, 7) is 2.48. The largest absolute Gasteiger partial charge is 0.382 e. The van der Waals surface area contributed by atoms with Crippen molar-refractivity contribution < 1.29 is 18.6 Å². The maximum Gasteiger partial charge on any atom is 0.268 e. The molecule has 0 spiro atoms. The van der Waals surface area contributed by atoms with Gasteiger partial charge in [-0.05, 0) is 6.07 Å². The summed E-state index contributed by atoms with van der Waals surface area (Å²) >= 11 is 0. The second-order valence-corrected chi connectivity index (χ2v) is 3.94. The van der Waals surface area contributed by atoms with Gasteiger partial charge in [-0.3, -0.25) is 0 Å². The van der Waals surface area contributed by atoms with Crippen molar-refractivity contribution >= 4 is 5.69 Å². The number of benzene rings is 1. The van der Waals surface area contributed by atoms with Crippen molar-refractivity contribution in [2.75, 3.05) is 31.2 Å². The first-order chi connectivity index (χ1) is 8.20. The number of nitrogens with zero attached hydrogens (tertiary/aromatic N) is 1. The monoisotopic (exact) mass is 243 g/mol. The fourth-order valence-electron chi connectivity index (χ4n) is 1.97. The number of halogens is 2. The Hall–Kier alpha value is -1.20. The van der Waals surface area contributed by atoms with E-state index in [0.29, 0.717) is 32.0 Å². The highest BCUT2D eigenvalue weighted by molar-refractivity contribution is 5.55. The second kappa shape index (κ2) is 5.42. The third-order valence-corrected chi connectivity index (χ3v) is 2.85. The third kappa shape index (κ3) is 2.73. The molecule has 0 saturated carbocycles. The van der Waals surface area contributed by atoms with Crippen molar-refractivity contribution in [3.05, 3.63) is 29.8 Å². The zero-order valence-corrected chi connectivity index (χ0v) is 9.35. The van der Waals surface area contributed by atoms with Crippen LogP contribution in [0.5, 0.6) is 0 Å². The van der Waals surface area contributed by atoms with Crippen LogP contribution in [-0.2, 0) is 4.74 Å². The number of rotatable bonds is 3. The summed E-state index contributed by atoms with van der Waals surface area (Å²) in [4.78, 5) is 1.96. The Kier molecular flexibility index (Phi) is 3.91. The van der Waals surface area contributed by atoms with Gasteiger partial charge in [0.05, 0.1) is 13.2 Å². The maximum atomic E-state index is 12.6. The van der Waals surface area contributed by atoms with E-state index in [1.54, 1.807) is 24.3 Å². The number of aliphatic hydroxyl groups excluding tert-OH is 1. The Morgan fingerprint density at radius 3 is 2.47 bits per heavy atom. The molecule has 94 valence electrons. The van der Waals surface area contributed by atoms with Gasteiger partial charge in [-0.2, -0.15) is 0 Å². The topological polar surface area (TPSA) is 32.7 Å². The highest BCUT2D eigenvalue weighted by Crippen LogP contribution is 2.30. The van der Waals surface area contributed by atoms with E-state index in [1.807, 2.05) is 4.90 Å². The van der Waals surface area contributed by atoms with Gasteiger partial charge in [0, 0.05) is 24.3 Å². The van der Waals surface area contributed by atoms with Crippen LogP contribution in [0.25, 0.3) is 0 Å². The smallest absolute Gasteiger partial charge is 0.268 e. The molecule has 3 nitrogen and oxygen atoms in total. The zero-order valence-electron chi connectivity index (χ0n) is 9.35. The standard InChI is InChI=1S/C12H15F2NO2/c13-12(14)11(16)9-3-1-2-4-10(9)15-5-7-17-8-6-15/h1-4,11-12,16H,5-8H2. The molecule has 0 bridgehead atoms. The third-order valence-electron chi connectivity index (χ3n) is 2.85. The molecule has 1 atom stereocenters. The van der Waals surface area contributed by atoms with Crippen molar-refractivity contribution in [1.82, 2.24) is 0 Å². The summed E-state index contributed by atoms with van der Waals surface area (Å²) in [7, 11) is 0. The number of aliphatic hydroxyl groups is 1. The van der Waals surface area contributed by atoms with Gasteiger partial charge in [0.2, 0.25) is 0 Å². The van der Waals surface area contributed by atoms with E-state index < -0.39 is 12.5 Å². The minimum atomic E-state index is -2.77. The predicted octanol–water partition coefficient (Wildman–Crippen LogP) is 1.82. The van der Waals surface area contributed by atoms with Gasteiger partial charge in [0.1, 0.15) is 6.10 Å². The van der Waals surface area contributed by atoms with E-state index >= 15 is 0 Å². The first-order valence-corrected chi connectivity index (χ1v) is 5.58. The lowest BCUT2D eigenvalue weighted by molar-refractivity contribution is -0.00564. The van der Waals surface area contributed by atoms with E-state index in [2.05, 4.69) is 0 Å². The van der Waals surface area contributed by atoms with Crippen LogP contribution in [0.2, 0.25) is 0 Å². The molecule has 1 saturated heterocycles. The van der Waals surface area contributed by atoms with Gasteiger partial charge in [-0.25, -0.2) is 8.78 Å². The summed E-state index contributed by atoms with van der Waals surface area (Å²) in [6.07, 6.45) is -4.49. The highest BCUT2D eigenvalue weighted by atomic mass is 19.3. The second-order valence-electron chi connectivity index (χ2n) is 3.94. The minimum Gasteiger partial charge on any atom is -0.382 e. The number of ether oxygens (including phenoxy) is 1. The summed E-state index contributed by atoms with van der Waals surface area (Å²) in [5.74, 6) is 0. The minimum absolute atomic E-state index is 0.282. The van der Waals surface area contributed by atoms with Crippen molar-refractivity contribution in [3.63, 3.8) is 0 Å². The molecule has 0 radical (unpaired) electrons. The summed E-state index contributed by atoms with van der Waals surface area (Å²) < 4.78 is 30.4. The van der Waals surface area contributed by atoms with Crippen molar-refractivity contribution in [2.45, 2.75) is 12.5 Å². The molecule has 1 aromatic rings. The van der Waals surface area contributed by atoms with Crippen molar-refractivity contribution in [2.24, 2.45) is 0 Å². The molecule has 1 N–H and O–H groups in total. The van der Waals surface area contributed by atoms with Gasteiger partial charge in [-0.15, -0.1) is 0 Å². The van der Waals surface area contributed by atoms with E-state index in [1.165, 1.54) is 0 Å². The fraction of sp³-hybridized carbons (Fsp3) is 0.500. The SMILES string of the molecule is OC(c1ccccc1N1CCOCC1)C(F)F. The molecule has 0 amide bonds. The molecule has 1 heterocycles. The van der Waals surface area contributed by atoms with Crippen LogP contribution in [0, 0.1) is 0 Å². The van der Waals surface area contributed by atoms with Crippen molar-refractivity contribution in [1.29, 1.82) is 0 Å². The average molecular weight is 243 g/mol. The Morgan fingerprint density at radius 1 is 1.18 bits per heavy atom. The molecule has 1 aliphatic rings. The molecule has 1 fully saturated rings. The average Bonchev–Trinajstić information content (AvgIpc) is 2.39. The van der Waals surface area contributed by atoms with Crippen LogP contribution >= 0.6 is 0 Å². The first-order valence-electron chi connectivity index (χ1n) is 5.58. The summed E-state index contributed by atoms with van der Waals surface area (Å²) in [6, 6.07) is 6.74. The van der Waals surface area contributed by atoms with Crippen LogP contribution in [0.4, 0.5) is 14.5 Å². The molecule has 0 aromatic heterocycles. The maximum absolute atomic E-state index is 12.6. The van der Waals surface area contributed by atoms with Crippen LogP contribution in [-0.4, -0.2) is 37.8 Å². The molecule has 0 aliphatic carbocycles. The molecule has 1 aliphatic heterocycles. The van der Waals surface area contributed by atoms with Gasteiger partial charge < -0.3 is 14.7 Å². The Labute approximate surface area is 98.6 Å². The molecular formula is C12H15F2NO2. The first kappa shape index (κ1) is 12.3. The molecule has 5 heteroatoms. The number of morpholine rings is 1. The van der Waals surface area contributed by atoms with E-state index in [-0.39, 0.29) is 5.56 Å². The van der Waals surface area contributed by atoms with E-state index in [9.17, 15) is 13.9 Å². The Morgan fingerprint density at radius 2 is 1.82 bits per heavy atom. The van der Waals surface area contributed by atoms with Gasteiger partial charge >= 0.3 is 0 Å². The molecule has 1 unspecified atom stereocenters. The lowest BCUT2D eigenvalue weighted by Crippen LogP contribution is -2.37. The molecular weight excluding hydrogens is 228 g/mol. The molecule has 17 heavy (non-hydrogen) atoms. The quantitative estimate of drug-likeness (QED) is 0.879. The van der Waals surface area contributed by atoms with Crippen LogP contribution < -0.4 is 4.90 Å². The number of alkyl halides is 2. The lowest BCUT2D eigenvalue weighted by Gasteiger charge is -2.31. The molecule has 2 rings (SSSR count). The van der Waals surface area contributed by atoms with E-state index in [4.69, 9.17) is 4.74 Å². The van der Waals surface area contributed by atoms with Gasteiger partial charge in [0.25, 0.3) is 6.43 Å². The highest BCUT2D eigenvalue weighted by Gasteiger charge is 2.24. The van der Waals surface area contributed by atoms with Crippen LogP contribution in [0.1, 0.15) is 11.7 Å². The number of para-hydroxylation sites is 1. The van der Waals surface area contributed by atoms with Crippen molar-refractivity contribution in [3.8, 4) is 0 Å². The number of anilines is 1. The Balaban J connectivity index is 2.26. The van der Waals surface area contributed by atoms with Gasteiger partial charge in [0.15, 0.2) is 0 Å². The normalized spacial score (nSPS) is 18.5. The van der Waals surface area contributed by atoms with Crippen LogP contribution in [0.3, 0.4) is 0 Å². The summed E-state index contributed by atoms with van der Waals surface area (Å²) in [5.41, 5.74) is 0.952. The molecule has 1 aromatic carbocycles. The zero-order chi connectivity index (χ0) is 12.3. The van der Waals surface area contributed by atoms with Gasteiger partial charge in [-0.1, -0.05) is 18.2 Å². The Bertz CT molecular complexity index is 367. The van der Waals surface area contributed by atoms with Crippen LogP contribution in [0.15, 0.2) is 24.3 Å². The fourth-order valence-corrected chi connectivity index (χ4v) is 1.97. The predicted molar refractivity (Wildman–Crippen MR) is 60.4 cm³/mol. The number of hydrogen-bond acceptors (Lipinski definition) is 3. The lowest BCUT2D eigenvalue weighted by atomic mass is 10.1. The summed E-state index contributed by atoms with van der Waals surface area (Å²) in [5, 5.41) is 9.50.